The Bertz CT molecular complexity index is 370. The molecule has 1 heterocycles. The van der Waals surface area contributed by atoms with E-state index in [1.807, 2.05) is 0 Å². The maximum absolute atomic E-state index is 11.8. The quantitative estimate of drug-likeness (QED) is 0.735. The van der Waals surface area contributed by atoms with Crippen LogP contribution in [0, 0.1) is 0 Å². The van der Waals surface area contributed by atoms with Crippen molar-refractivity contribution >= 4 is 15.7 Å². The Morgan fingerprint density at radius 2 is 2.12 bits per heavy atom. The SMILES string of the molecule is CC(C)(C(=O)NCC[C@@H]1CCCN1)S(C)(=O)=O. The highest BCUT2D eigenvalue weighted by Crippen LogP contribution is 2.15. The van der Waals surface area contributed by atoms with E-state index in [-0.39, 0.29) is 0 Å². The van der Waals surface area contributed by atoms with Crippen molar-refractivity contribution in [3.63, 3.8) is 0 Å². The molecule has 17 heavy (non-hydrogen) atoms. The van der Waals surface area contributed by atoms with E-state index in [9.17, 15) is 13.2 Å². The molecule has 0 spiro atoms. The van der Waals surface area contributed by atoms with E-state index in [4.69, 9.17) is 0 Å². The topological polar surface area (TPSA) is 75.3 Å². The van der Waals surface area contributed by atoms with Crippen LogP contribution >= 0.6 is 0 Å². The van der Waals surface area contributed by atoms with Gasteiger partial charge in [-0.1, -0.05) is 0 Å². The number of hydrogen-bond acceptors (Lipinski definition) is 4. The Kier molecular flexibility index (Phi) is 4.55. The van der Waals surface area contributed by atoms with Crippen LogP contribution in [0.5, 0.6) is 0 Å². The molecule has 1 rings (SSSR count). The Morgan fingerprint density at radius 3 is 2.59 bits per heavy atom. The van der Waals surface area contributed by atoms with Gasteiger partial charge >= 0.3 is 0 Å². The highest BCUT2D eigenvalue weighted by atomic mass is 32.2. The average Bonchev–Trinajstić information content (AvgIpc) is 2.68. The van der Waals surface area contributed by atoms with E-state index < -0.39 is 20.5 Å². The minimum Gasteiger partial charge on any atom is -0.355 e. The summed E-state index contributed by atoms with van der Waals surface area (Å²) in [6.45, 7) is 4.43. The molecule has 0 aliphatic carbocycles. The summed E-state index contributed by atoms with van der Waals surface area (Å²) in [5.74, 6) is -0.419. The molecule has 0 aromatic rings. The van der Waals surface area contributed by atoms with Crippen molar-refractivity contribution in [1.29, 1.82) is 0 Å². The van der Waals surface area contributed by atoms with Crippen molar-refractivity contribution in [2.45, 2.75) is 43.9 Å². The third-order valence-electron chi connectivity index (χ3n) is 3.41. The van der Waals surface area contributed by atoms with Gasteiger partial charge in [-0.05, 0) is 39.7 Å². The Labute approximate surface area is 103 Å². The fourth-order valence-corrected chi connectivity index (χ4v) is 2.15. The lowest BCUT2D eigenvalue weighted by Gasteiger charge is -2.22. The van der Waals surface area contributed by atoms with Crippen LogP contribution in [0.3, 0.4) is 0 Å². The zero-order chi connectivity index (χ0) is 13.1. The van der Waals surface area contributed by atoms with Gasteiger partial charge in [-0.15, -0.1) is 0 Å². The Hall–Kier alpha value is -0.620. The lowest BCUT2D eigenvalue weighted by Crippen LogP contribution is -2.48. The van der Waals surface area contributed by atoms with Crippen LogP contribution in [0.25, 0.3) is 0 Å². The normalized spacial score (nSPS) is 21.5. The van der Waals surface area contributed by atoms with Gasteiger partial charge in [0.15, 0.2) is 9.84 Å². The molecular weight excluding hydrogens is 240 g/mol. The van der Waals surface area contributed by atoms with Crippen molar-refractivity contribution in [2.24, 2.45) is 0 Å². The largest absolute Gasteiger partial charge is 0.355 e. The molecule has 5 nitrogen and oxygen atoms in total. The maximum Gasteiger partial charge on any atom is 0.240 e. The van der Waals surface area contributed by atoms with Crippen LogP contribution in [-0.4, -0.2) is 44.5 Å². The van der Waals surface area contributed by atoms with Crippen molar-refractivity contribution in [3.8, 4) is 0 Å². The van der Waals surface area contributed by atoms with E-state index in [1.165, 1.54) is 20.3 Å². The van der Waals surface area contributed by atoms with Gasteiger partial charge in [0.05, 0.1) is 0 Å². The molecule has 1 fully saturated rings. The predicted octanol–water partition coefficient (Wildman–Crippen LogP) is 0.0679. The zero-order valence-electron chi connectivity index (χ0n) is 10.7. The van der Waals surface area contributed by atoms with Crippen molar-refractivity contribution in [1.82, 2.24) is 10.6 Å². The van der Waals surface area contributed by atoms with Crippen molar-refractivity contribution in [3.05, 3.63) is 0 Å². The van der Waals surface area contributed by atoms with Crippen LogP contribution < -0.4 is 10.6 Å². The summed E-state index contributed by atoms with van der Waals surface area (Å²) in [6, 6.07) is 0.455. The monoisotopic (exact) mass is 262 g/mol. The number of rotatable bonds is 5. The summed E-state index contributed by atoms with van der Waals surface area (Å²) in [5, 5.41) is 6.03. The average molecular weight is 262 g/mol. The third-order valence-corrected chi connectivity index (χ3v) is 5.45. The molecular formula is C11H22N2O3S. The summed E-state index contributed by atoms with van der Waals surface area (Å²) < 4.78 is 21.5. The minimum absolute atomic E-state index is 0.419. The van der Waals surface area contributed by atoms with E-state index in [1.54, 1.807) is 0 Å². The summed E-state index contributed by atoms with van der Waals surface area (Å²) in [7, 11) is -3.38. The molecule has 0 aromatic heterocycles. The summed E-state index contributed by atoms with van der Waals surface area (Å²) in [4.78, 5) is 11.8. The molecule has 1 aliphatic rings. The van der Waals surface area contributed by atoms with Crippen LogP contribution in [0.4, 0.5) is 0 Å². The zero-order valence-corrected chi connectivity index (χ0v) is 11.6. The van der Waals surface area contributed by atoms with E-state index in [2.05, 4.69) is 10.6 Å². The predicted molar refractivity (Wildman–Crippen MR) is 67.6 cm³/mol. The van der Waals surface area contributed by atoms with Gasteiger partial charge in [0.25, 0.3) is 0 Å². The molecule has 1 atom stereocenters. The molecule has 0 bridgehead atoms. The lowest BCUT2D eigenvalue weighted by atomic mass is 10.1. The highest BCUT2D eigenvalue weighted by molar-refractivity contribution is 7.92. The van der Waals surface area contributed by atoms with Crippen molar-refractivity contribution in [2.75, 3.05) is 19.3 Å². The maximum atomic E-state index is 11.8. The number of hydrogen-bond donors (Lipinski definition) is 2. The molecule has 2 N–H and O–H groups in total. The van der Waals surface area contributed by atoms with Crippen LogP contribution in [-0.2, 0) is 14.6 Å². The molecule has 1 amide bonds. The number of nitrogens with one attached hydrogen (secondary N) is 2. The number of amides is 1. The van der Waals surface area contributed by atoms with Gasteiger partial charge in [0, 0.05) is 18.8 Å². The van der Waals surface area contributed by atoms with Gasteiger partial charge < -0.3 is 10.6 Å². The number of carbonyl (C=O) groups excluding carboxylic acids is 1. The molecule has 6 heteroatoms. The molecule has 0 unspecified atom stereocenters. The second-order valence-corrected chi connectivity index (χ2v) is 7.69. The summed E-state index contributed by atoms with van der Waals surface area (Å²) >= 11 is 0. The highest BCUT2D eigenvalue weighted by Gasteiger charge is 2.38. The Morgan fingerprint density at radius 1 is 1.47 bits per heavy atom. The van der Waals surface area contributed by atoms with Gasteiger partial charge in [-0.25, -0.2) is 8.42 Å². The first-order valence-corrected chi connectivity index (χ1v) is 7.85. The standard InChI is InChI=1S/C11H22N2O3S/c1-11(2,17(3,15)16)10(14)13-8-6-9-5-4-7-12-9/h9,12H,4-8H2,1-3H3,(H,13,14)/t9-/m0/s1. The molecule has 1 saturated heterocycles. The van der Waals surface area contributed by atoms with E-state index in [0.29, 0.717) is 12.6 Å². The molecule has 0 saturated carbocycles. The first-order chi connectivity index (χ1) is 7.75. The second-order valence-electron chi connectivity index (χ2n) is 5.12. The summed E-state index contributed by atoms with van der Waals surface area (Å²) in [5.41, 5.74) is 0. The molecule has 1 aliphatic heterocycles. The van der Waals surface area contributed by atoms with Gasteiger partial charge in [0.1, 0.15) is 4.75 Å². The van der Waals surface area contributed by atoms with Crippen molar-refractivity contribution < 1.29 is 13.2 Å². The second kappa shape index (κ2) is 5.35. The van der Waals surface area contributed by atoms with Gasteiger partial charge in [-0.3, -0.25) is 4.79 Å². The first-order valence-electron chi connectivity index (χ1n) is 5.96. The minimum atomic E-state index is -3.38. The Balaban J connectivity index is 2.39. The van der Waals surface area contributed by atoms with E-state index >= 15 is 0 Å². The first kappa shape index (κ1) is 14.4. The lowest BCUT2D eigenvalue weighted by molar-refractivity contribution is -0.122. The fraction of sp³-hybridized carbons (Fsp3) is 0.909. The number of carbonyl (C=O) groups is 1. The van der Waals surface area contributed by atoms with Crippen LogP contribution in [0.2, 0.25) is 0 Å². The molecule has 100 valence electrons. The van der Waals surface area contributed by atoms with Crippen LogP contribution in [0.1, 0.15) is 33.1 Å². The fourth-order valence-electron chi connectivity index (χ4n) is 1.74. The third kappa shape index (κ3) is 3.67. The molecule has 0 radical (unpaired) electrons. The van der Waals surface area contributed by atoms with E-state index in [0.717, 1.165) is 25.6 Å². The smallest absolute Gasteiger partial charge is 0.240 e. The summed E-state index contributed by atoms with van der Waals surface area (Å²) in [6.07, 6.45) is 4.25. The molecule has 0 aromatic carbocycles. The van der Waals surface area contributed by atoms with Gasteiger partial charge in [-0.2, -0.15) is 0 Å². The van der Waals surface area contributed by atoms with Crippen LogP contribution in [0.15, 0.2) is 0 Å². The number of sulfone groups is 1. The van der Waals surface area contributed by atoms with Gasteiger partial charge in [0.2, 0.25) is 5.91 Å².